The normalized spacial score (nSPS) is 11.2. The van der Waals surface area contributed by atoms with Gasteiger partial charge in [-0.25, -0.2) is 14.5 Å². The Hall–Kier alpha value is -2.39. The second-order valence-electron chi connectivity index (χ2n) is 4.57. The summed E-state index contributed by atoms with van der Waals surface area (Å²) in [6, 6.07) is 8.75. The second kappa shape index (κ2) is 4.13. The fraction of sp³-hybridized carbons (Fsp3) is 0.250. The summed E-state index contributed by atoms with van der Waals surface area (Å²) in [7, 11) is 0. The Morgan fingerprint density at radius 1 is 1.50 bits per heavy atom. The molecule has 0 spiro atoms. The van der Waals surface area contributed by atoms with Crippen LogP contribution in [0.3, 0.4) is 0 Å². The van der Waals surface area contributed by atoms with Crippen molar-refractivity contribution in [3.05, 3.63) is 46.1 Å². The molecular formula is C12H13N5O. The number of hydrogen-bond donors (Lipinski definition) is 2. The van der Waals surface area contributed by atoms with Gasteiger partial charge >= 0.3 is 5.69 Å². The topological polar surface area (TPSA) is 100 Å². The van der Waals surface area contributed by atoms with E-state index in [9.17, 15) is 4.79 Å². The van der Waals surface area contributed by atoms with Gasteiger partial charge in [0.15, 0.2) is 5.82 Å². The Balaban J connectivity index is 2.68. The Labute approximate surface area is 104 Å². The van der Waals surface area contributed by atoms with Crippen molar-refractivity contribution in [3.63, 3.8) is 0 Å². The molecule has 1 heterocycles. The fourth-order valence-corrected chi connectivity index (χ4v) is 1.68. The molecule has 0 bridgehead atoms. The van der Waals surface area contributed by atoms with E-state index in [1.54, 1.807) is 38.1 Å². The molecule has 1 aromatic heterocycles. The quantitative estimate of drug-likeness (QED) is 0.807. The number of nitrogens with zero attached hydrogens (tertiary/aromatic N) is 3. The number of nitrogens with two attached hydrogens (primary N) is 1. The van der Waals surface area contributed by atoms with Gasteiger partial charge in [0.05, 0.1) is 22.9 Å². The molecule has 0 saturated carbocycles. The summed E-state index contributed by atoms with van der Waals surface area (Å²) >= 11 is 0. The van der Waals surface area contributed by atoms with E-state index in [1.165, 1.54) is 4.57 Å². The van der Waals surface area contributed by atoms with Gasteiger partial charge in [-0.05, 0) is 32.0 Å². The minimum Gasteiger partial charge on any atom is -0.319 e. The largest absolute Gasteiger partial charge is 0.347 e. The van der Waals surface area contributed by atoms with Crippen LogP contribution in [0.4, 0.5) is 0 Å². The predicted molar refractivity (Wildman–Crippen MR) is 66.1 cm³/mol. The van der Waals surface area contributed by atoms with Gasteiger partial charge in [0, 0.05) is 0 Å². The van der Waals surface area contributed by atoms with Gasteiger partial charge in [0.1, 0.15) is 0 Å². The lowest BCUT2D eigenvalue weighted by Crippen LogP contribution is -2.34. The summed E-state index contributed by atoms with van der Waals surface area (Å²) in [4.78, 5) is 11.8. The third-order valence-electron chi connectivity index (χ3n) is 2.48. The maximum Gasteiger partial charge on any atom is 0.347 e. The summed E-state index contributed by atoms with van der Waals surface area (Å²) in [6.07, 6.45) is 0. The van der Waals surface area contributed by atoms with Crippen LogP contribution < -0.4 is 11.4 Å². The molecule has 0 aliphatic carbocycles. The maximum absolute atomic E-state index is 11.8. The average molecular weight is 243 g/mol. The Bertz CT molecular complexity index is 669. The van der Waals surface area contributed by atoms with E-state index in [-0.39, 0.29) is 5.69 Å². The first kappa shape index (κ1) is 12.1. The van der Waals surface area contributed by atoms with Crippen molar-refractivity contribution in [1.29, 1.82) is 5.26 Å². The van der Waals surface area contributed by atoms with Gasteiger partial charge in [-0.3, -0.25) is 0 Å². The standard InChI is InChI=1S/C12H13N5O/c1-12(2,14)10-15-16-11(18)17(10)9-5-3-4-8(6-9)7-13/h3-6H,14H2,1-2H3,(H,16,18). The molecule has 0 unspecified atom stereocenters. The lowest BCUT2D eigenvalue weighted by atomic mass is 10.1. The monoisotopic (exact) mass is 243 g/mol. The highest BCUT2D eigenvalue weighted by Gasteiger charge is 2.23. The van der Waals surface area contributed by atoms with Gasteiger partial charge in [0.25, 0.3) is 0 Å². The highest BCUT2D eigenvalue weighted by Crippen LogP contribution is 2.17. The maximum atomic E-state index is 11.8. The predicted octanol–water partition coefficient (Wildman–Crippen LogP) is 0.626. The van der Waals surface area contributed by atoms with Crippen LogP contribution in [0, 0.1) is 11.3 Å². The molecule has 0 amide bonds. The molecule has 0 saturated heterocycles. The molecule has 2 rings (SSSR count). The number of aromatic nitrogens is 3. The van der Waals surface area contributed by atoms with E-state index in [1.807, 2.05) is 6.07 Å². The summed E-state index contributed by atoms with van der Waals surface area (Å²) in [5, 5.41) is 15.2. The van der Waals surface area contributed by atoms with Crippen LogP contribution in [-0.4, -0.2) is 14.8 Å². The molecule has 0 fully saturated rings. The Morgan fingerprint density at radius 2 is 2.22 bits per heavy atom. The number of benzene rings is 1. The summed E-state index contributed by atoms with van der Waals surface area (Å²) in [5.41, 5.74) is 5.88. The number of rotatable bonds is 2. The molecule has 0 aliphatic heterocycles. The molecule has 6 heteroatoms. The van der Waals surface area contributed by atoms with Crippen LogP contribution in [0.5, 0.6) is 0 Å². The summed E-state index contributed by atoms with van der Waals surface area (Å²) < 4.78 is 1.38. The number of H-pyrrole nitrogens is 1. The van der Waals surface area contributed by atoms with E-state index >= 15 is 0 Å². The zero-order valence-electron chi connectivity index (χ0n) is 10.1. The van der Waals surface area contributed by atoms with Gasteiger partial charge < -0.3 is 5.73 Å². The summed E-state index contributed by atoms with van der Waals surface area (Å²) in [5.74, 6) is 0.419. The Morgan fingerprint density at radius 3 is 2.83 bits per heavy atom. The third kappa shape index (κ3) is 2.04. The number of nitriles is 1. The van der Waals surface area contributed by atoms with E-state index < -0.39 is 5.54 Å². The van der Waals surface area contributed by atoms with E-state index in [0.717, 1.165) is 0 Å². The van der Waals surface area contributed by atoms with Crippen molar-refractivity contribution < 1.29 is 0 Å². The zero-order chi connectivity index (χ0) is 13.3. The second-order valence-corrected chi connectivity index (χ2v) is 4.57. The zero-order valence-corrected chi connectivity index (χ0v) is 10.1. The van der Waals surface area contributed by atoms with Crippen molar-refractivity contribution in [3.8, 4) is 11.8 Å². The smallest absolute Gasteiger partial charge is 0.319 e. The van der Waals surface area contributed by atoms with Crippen LogP contribution in [0.25, 0.3) is 5.69 Å². The number of aromatic amines is 1. The van der Waals surface area contributed by atoms with Gasteiger partial charge in [-0.1, -0.05) is 6.07 Å². The molecule has 18 heavy (non-hydrogen) atoms. The van der Waals surface area contributed by atoms with Crippen LogP contribution in [0.2, 0.25) is 0 Å². The van der Waals surface area contributed by atoms with Crippen molar-refractivity contribution in [2.45, 2.75) is 19.4 Å². The first-order chi connectivity index (χ1) is 8.43. The van der Waals surface area contributed by atoms with Gasteiger partial charge in [0.2, 0.25) is 0 Å². The lowest BCUT2D eigenvalue weighted by molar-refractivity contribution is 0.502. The van der Waals surface area contributed by atoms with Crippen molar-refractivity contribution in [1.82, 2.24) is 14.8 Å². The highest BCUT2D eigenvalue weighted by molar-refractivity contribution is 5.42. The van der Waals surface area contributed by atoms with Crippen molar-refractivity contribution >= 4 is 0 Å². The molecule has 92 valence electrons. The minimum atomic E-state index is -0.762. The van der Waals surface area contributed by atoms with Crippen LogP contribution >= 0.6 is 0 Å². The van der Waals surface area contributed by atoms with E-state index in [2.05, 4.69) is 10.2 Å². The first-order valence-electron chi connectivity index (χ1n) is 5.41. The minimum absolute atomic E-state index is 0.376. The highest BCUT2D eigenvalue weighted by atomic mass is 16.1. The van der Waals surface area contributed by atoms with Crippen molar-refractivity contribution in [2.24, 2.45) is 5.73 Å². The molecule has 1 aromatic carbocycles. The molecule has 6 nitrogen and oxygen atoms in total. The third-order valence-corrected chi connectivity index (χ3v) is 2.48. The van der Waals surface area contributed by atoms with Gasteiger partial charge in [-0.15, -0.1) is 0 Å². The molecular weight excluding hydrogens is 230 g/mol. The lowest BCUT2D eigenvalue weighted by Gasteiger charge is -2.18. The van der Waals surface area contributed by atoms with E-state index in [4.69, 9.17) is 11.0 Å². The molecule has 0 atom stereocenters. The van der Waals surface area contributed by atoms with Gasteiger partial charge in [-0.2, -0.15) is 10.4 Å². The average Bonchev–Trinajstić information content (AvgIpc) is 2.71. The van der Waals surface area contributed by atoms with E-state index in [0.29, 0.717) is 17.1 Å². The van der Waals surface area contributed by atoms with Crippen LogP contribution in [0.15, 0.2) is 29.1 Å². The molecule has 2 aromatic rings. The molecule has 0 radical (unpaired) electrons. The number of nitrogens with one attached hydrogen (secondary N) is 1. The van der Waals surface area contributed by atoms with Crippen LogP contribution in [0.1, 0.15) is 25.2 Å². The Kier molecular flexibility index (Phi) is 2.77. The van der Waals surface area contributed by atoms with Crippen LogP contribution in [-0.2, 0) is 5.54 Å². The summed E-state index contributed by atoms with van der Waals surface area (Å²) in [6.45, 7) is 3.51. The molecule has 3 N–H and O–H groups in total. The fourth-order valence-electron chi connectivity index (χ4n) is 1.68. The molecule has 0 aliphatic rings. The first-order valence-corrected chi connectivity index (χ1v) is 5.41. The SMILES string of the molecule is CC(C)(N)c1n[nH]c(=O)n1-c1cccc(C#N)c1. The van der Waals surface area contributed by atoms with Crippen molar-refractivity contribution in [2.75, 3.05) is 0 Å². The number of hydrogen-bond acceptors (Lipinski definition) is 4.